The maximum absolute atomic E-state index is 11.4. The number of carbonyl (C=O) groups excluding carboxylic acids is 1. The summed E-state index contributed by atoms with van der Waals surface area (Å²) >= 11 is 0. The zero-order valence-corrected chi connectivity index (χ0v) is 8.12. The van der Waals surface area contributed by atoms with Crippen molar-refractivity contribution in [2.24, 2.45) is 5.92 Å². The molecule has 72 valence electrons. The predicted molar refractivity (Wildman–Crippen MR) is 52.1 cm³/mol. The second-order valence-electron chi connectivity index (χ2n) is 4.25. The van der Waals surface area contributed by atoms with Crippen LogP contribution in [0.2, 0.25) is 0 Å². The number of fused-ring (bicyclic) bond motifs is 3. The van der Waals surface area contributed by atoms with Crippen molar-refractivity contribution in [1.29, 1.82) is 0 Å². The van der Waals surface area contributed by atoms with Gasteiger partial charge in [-0.05, 0) is 24.5 Å². The van der Waals surface area contributed by atoms with Gasteiger partial charge in [-0.2, -0.15) is 0 Å². The van der Waals surface area contributed by atoms with E-state index in [9.17, 15) is 4.79 Å². The van der Waals surface area contributed by atoms with Crippen LogP contribution in [0.15, 0.2) is 18.2 Å². The van der Waals surface area contributed by atoms with Gasteiger partial charge in [0, 0.05) is 5.92 Å². The van der Waals surface area contributed by atoms with Crippen LogP contribution in [0.3, 0.4) is 0 Å². The molecule has 0 spiro atoms. The van der Waals surface area contributed by atoms with Crippen LogP contribution in [0, 0.1) is 12.8 Å². The lowest BCUT2D eigenvalue weighted by molar-refractivity contribution is -0.141. The summed E-state index contributed by atoms with van der Waals surface area (Å²) in [7, 11) is 0. The molecule has 1 aromatic rings. The van der Waals surface area contributed by atoms with Crippen molar-refractivity contribution in [2.75, 3.05) is 6.61 Å². The van der Waals surface area contributed by atoms with Gasteiger partial charge in [0.1, 0.15) is 0 Å². The van der Waals surface area contributed by atoms with E-state index in [-0.39, 0.29) is 11.9 Å². The molecule has 0 unspecified atom stereocenters. The largest absolute Gasteiger partial charge is 0.465 e. The normalized spacial score (nSPS) is 28.5. The highest BCUT2D eigenvalue weighted by Gasteiger charge is 2.43. The molecule has 0 aromatic heterocycles. The summed E-state index contributed by atoms with van der Waals surface area (Å²) in [4.78, 5) is 11.4. The minimum atomic E-state index is -0.0103. The Morgan fingerprint density at radius 2 is 2.21 bits per heavy atom. The summed E-state index contributed by atoms with van der Waals surface area (Å²) in [5.74, 6) is 0.424. The Morgan fingerprint density at radius 3 is 3.07 bits per heavy atom. The Labute approximate surface area is 82.9 Å². The molecule has 0 radical (unpaired) electrons. The second-order valence-corrected chi connectivity index (χ2v) is 4.25. The second kappa shape index (κ2) is 2.59. The molecule has 0 saturated carbocycles. The van der Waals surface area contributed by atoms with Gasteiger partial charge in [-0.25, -0.2) is 0 Å². The zero-order chi connectivity index (χ0) is 9.71. The lowest BCUT2D eigenvalue weighted by Crippen LogP contribution is -2.09. The molecule has 2 atom stereocenters. The van der Waals surface area contributed by atoms with Crippen LogP contribution in [-0.2, 0) is 16.0 Å². The quantitative estimate of drug-likeness (QED) is 0.580. The van der Waals surface area contributed by atoms with Gasteiger partial charge in [-0.1, -0.05) is 23.8 Å². The Bertz CT molecular complexity index is 409. The summed E-state index contributed by atoms with van der Waals surface area (Å²) < 4.78 is 5.08. The highest BCUT2D eigenvalue weighted by molar-refractivity contribution is 5.78. The van der Waals surface area contributed by atoms with Gasteiger partial charge in [0.15, 0.2) is 0 Å². The summed E-state index contributed by atoms with van der Waals surface area (Å²) in [6.07, 6.45) is 0.874. The number of cyclic esters (lactones) is 1. The van der Waals surface area contributed by atoms with E-state index in [2.05, 4.69) is 25.1 Å². The van der Waals surface area contributed by atoms with E-state index in [0.717, 1.165) is 6.42 Å². The van der Waals surface area contributed by atoms with Gasteiger partial charge in [0.2, 0.25) is 0 Å². The van der Waals surface area contributed by atoms with Gasteiger partial charge in [0.25, 0.3) is 0 Å². The third-order valence-corrected chi connectivity index (χ3v) is 3.33. The number of ether oxygens (including phenoxy) is 1. The van der Waals surface area contributed by atoms with Crippen LogP contribution >= 0.6 is 0 Å². The standard InChI is InChI=1S/C12H12O2/c1-7-2-3-8-5-10-11(9(8)4-7)6-14-12(10)13/h2-4,10-11H,5-6H2,1H3/t10-,11+/m1/s1. The molecule has 1 aliphatic heterocycles. The fraction of sp³-hybridized carbons (Fsp3) is 0.417. The fourth-order valence-corrected chi connectivity index (χ4v) is 2.57. The topological polar surface area (TPSA) is 26.3 Å². The molecule has 2 heteroatoms. The smallest absolute Gasteiger partial charge is 0.310 e. The van der Waals surface area contributed by atoms with Crippen LogP contribution in [0.25, 0.3) is 0 Å². The Hall–Kier alpha value is -1.31. The molecule has 14 heavy (non-hydrogen) atoms. The van der Waals surface area contributed by atoms with Gasteiger partial charge in [-0.3, -0.25) is 4.79 Å². The molecule has 2 nitrogen and oxygen atoms in total. The Balaban J connectivity index is 2.09. The number of hydrogen-bond acceptors (Lipinski definition) is 2. The first kappa shape index (κ1) is 8.04. The van der Waals surface area contributed by atoms with E-state index < -0.39 is 0 Å². The molecule has 1 saturated heterocycles. The van der Waals surface area contributed by atoms with E-state index in [1.165, 1.54) is 16.7 Å². The molecule has 2 aliphatic rings. The number of rotatable bonds is 0. The molecule has 1 aromatic carbocycles. The minimum Gasteiger partial charge on any atom is -0.465 e. The molecule has 3 rings (SSSR count). The average Bonchev–Trinajstić information content (AvgIpc) is 2.67. The summed E-state index contributed by atoms with van der Waals surface area (Å²) in [5.41, 5.74) is 3.94. The van der Waals surface area contributed by atoms with Crippen molar-refractivity contribution in [2.45, 2.75) is 19.3 Å². The lowest BCUT2D eigenvalue weighted by Gasteiger charge is -2.06. The van der Waals surface area contributed by atoms with Gasteiger partial charge < -0.3 is 4.74 Å². The monoisotopic (exact) mass is 188 g/mol. The fourth-order valence-electron chi connectivity index (χ4n) is 2.57. The van der Waals surface area contributed by atoms with E-state index in [1.807, 2.05) is 0 Å². The number of esters is 1. The SMILES string of the molecule is Cc1ccc2c(c1)[C@@H]1COC(=O)[C@@H]1C2. The Morgan fingerprint density at radius 1 is 1.36 bits per heavy atom. The molecule has 1 heterocycles. The molecule has 0 bridgehead atoms. The van der Waals surface area contributed by atoms with E-state index in [4.69, 9.17) is 4.74 Å². The molecule has 1 fully saturated rings. The van der Waals surface area contributed by atoms with E-state index >= 15 is 0 Å². The van der Waals surface area contributed by atoms with Crippen LogP contribution in [-0.4, -0.2) is 12.6 Å². The van der Waals surface area contributed by atoms with E-state index in [0.29, 0.717) is 12.5 Å². The lowest BCUT2D eigenvalue weighted by atomic mass is 9.95. The number of benzene rings is 1. The van der Waals surface area contributed by atoms with Crippen molar-refractivity contribution in [3.05, 3.63) is 34.9 Å². The maximum atomic E-state index is 11.4. The predicted octanol–water partition coefficient (Wildman–Crippen LogP) is 1.81. The van der Waals surface area contributed by atoms with Gasteiger partial charge in [-0.15, -0.1) is 0 Å². The van der Waals surface area contributed by atoms with Crippen LogP contribution in [0.4, 0.5) is 0 Å². The molecule has 1 aliphatic carbocycles. The Kier molecular flexibility index (Phi) is 1.49. The average molecular weight is 188 g/mol. The first-order chi connectivity index (χ1) is 6.75. The summed E-state index contributed by atoms with van der Waals surface area (Å²) in [6, 6.07) is 6.46. The third-order valence-electron chi connectivity index (χ3n) is 3.33. The van der Waals surface area contributed by atoms with Gasteiger partial charge in [0.05, 0.1) is 12.5 Å². The van der Waals surface area contributed by atoms with E-state index in [1.54, 1.807) is 0 Å². The summed E-state index contributed by atoms with van der Waals surface area (Å²) in [6.45, 7) is 2.67. The highest BCUT2D eigenvalue weighted by Crippen LogP contribution is 2.42. The molecular formula is C12H12O2. The van der Waals surface area contributed by atoms with Crippen molar-refractivity contribution in [1.82, 2.24) is 0 Å². The summed E-state index contributed by atoms with van der Waals surface area (Å²) in [5, 5.41) is 0. The first-order valence-corrected chi connectivity index (χ1v) is 5.02. The minimum absolute atomic E-state index is 0.0103. The van der Waals surface area contributed by atoms with Crippen LogP contribution in [0.5, 0.6) is 0 Å². The van der Waals surface area contributed by atoms with Gasteiger partial charge >= 0.3 is 5.97 Å². The maximum Gasteiger partial charge on any atom is 0.310 e. The van der Waals surface area contributed by atoms with Crippen LogP contribution in [0.1, 0.15) is 22.6 Å². The number of carbonyl (C=O) groups is 1. The molecular weight excluding hydrogens is 176 g/mol. The molecule has 0 amide bonds. The zero-order valence-electron chi connectivity index (χ0n) is 8.12. The highest BCUT2D eigenvalue weighted by atomic mass is 16.5. The number of hydrogen-bond donors (Lipinski definition) is 0. The molecule has 0 N–H and O–H groups in total. The van der Waals surface area contributed by atoms with Crippen molar-refractivity contribution in [3.63, 3.8) is 0 Å². The number of aryl methyl sites for hydroxylation is 1. The van der Waals surface area contributed by atoms with Crippen molar-refractivity contribution >= 4 is 5.97 Å². The third kappa shape index (κ3) is 0.939. The van der Waals surface area contributed by atoms with Crippen molar-refractivity contribution in [3.8, 4) is 0 Å². The van der Waals surface area contributed by atoms with Crippen molar-refractivity contribution < 1.29 is 9.53 Å². The first-order valence-electron chi connectivity index (χ1n) is 5.02. The van der Waals surface area contributed by atoms with Crippen LogP contribution < -0.4 is 0 Å².